The minimum Gasteiger partial charge on any atom is -0.506 e. The largest absolute Gasteiger partial charge is 0.506 e. The molecule has 0 radical (unpaired) electrons. The number of urea groups is 1. The number of H-pyrrole nitrogens is 1. The molecule has 0 aliphatic carbocycles. The number of amides is 3. The van der Waals surface area contributed by atoms with Crippen LogP contribution < -0.4 is 15.9 Å². The van der Waals surface area contributed by atoms with Gasteiger partial charge in [0.2, 0.25) is 5.91 Å². The summed E-state index contributed by atoms with van der Waals surface area (Å²) in [5.41, 5.74) is 3.32. The quantitative estimate of drug-likeness (QED) is 0.273. The third kappa shape index (κ3) is 6.34. The van der Waals surface area contributed by atoms with E-state index < -0.39 is 6.04 Å². The first-order chi connectivity index (χ1) is 21.3. The summed E-state index contributed by atoms with van der Waals surface area (Å²) >= 11 is 6.75. The average molecular weight is 727 g/mol. The molecule has 11 nitrogen and oxygen atoms in total. The number of aromatic nitrogens is 3. The van der Waals surface area contributed by atoms with Gasteiger partial charge in [0.15, 0.2) is 0 Å². The van der Waals surface area contributed by atoms with E-state index in [2.05, 4.69) is 52.0 Å². The lowest BCUT2D eigenvalue weighted by molar-refractivity contribution is -0.133. The molecule has 3 N–H and O–H groups in total. The van der Waals surface area contributed by atoms with Crippen LogP contribution in [0.2, 0.25) is 0 Å². The lowest BCUT2D eigenvalue weighted by Gasteiger charge is -2.38. The van der Waals surface area contributed by atoms with Crippen molar-refractivity contribution in [1.29, 1.82) is 0 Å². The molecule has 2 fully saturated rings. The molecule has 4 aromatic rings. The van der Waals surface area contributed by atoms with E-state index in [9.17, 15) is 19.5 Å². The number of piperidine rings is 1. The second-order valence-electron chi connectivity index (χ2n) is 11.2. The van der Waals surface area contributed by atoms with Crippen molar-refractivity contribution < 1.29 is 14.7 Å². The Bertz CT molecular complexity index is 1690. The number of halogens is 2. The molecule has 0 bridgehead atoms. The van der Waals surface area contributed by atoms with Crippen molar-refractivity contribution in [2.75, 3.05) is 44.2 Å². The predicted molar refractivity (Wildman–Crippen MR) is 175 cm³/mol. The van der Waals surface area contributed by atoms with Crippen LogP contribution in [0.25, 0.3) is 11.0 Å². The third-order valence-corrected chi connectivity index (χ3v) is 9.66. The number of rotatable bonds is 6. The van der Waals surface area contributed by atoms with Gasteiger partial charge in [-0.05, 0) is 86.7 Å². The number of pyridine rings is 1. The van der Waals surface area contributed by atoms with Crippen molar-refractivity contribution in [3.8, 4) is 5.75 Å². The molecule has 0 saturated carbocycles. The normalized spacial score (nSPS) is 16.7. The van der Waals surface area contributed by atoms with Gasteiger partial charge in [0.25, 0.3) is 0 Å². The summed E-state index contributed by atoms with van der Waals surface area (Å²) in [7, 11) is 0. The maximum atomic E-state index is 13.9. The summed E-state index contributed by atoms with van der Waals surface area (Å²) in [6.07, 6.45) is 5.07. The smallest absolute Gasteiger partial charge is 0.326 e. The van der Waals surface area contributed by atoms with E-state index in [1.54, 1.807) is 32.7 Å². The van der Waals surface area contributed by atoms with Crippen LogP contribution in [0.4, 0.5) is 10.5 Å². The summed E-state index contributed by atoms with van der Waals surface area (Å²) in [4.78, 5) is 53.1. The number of fused-ring (bicyclic) bond motifs is 1. The molecular formula is C31H33Br2N7O4. The number of carbonyl (C=O) groups is 2. The number of para-hydroxylation sites is 2. The molecule has 1 atom stereocenters. The summed E-state index contributed by atoms with van der Waals surface area (Å²) in [5.74, 6) is -0.0749. The lowest BCUT2D eigenvalue weighted by atomic mass is 10.0. The van der Waals surface area contributed by atoms with Crippen LogP contribution in [0.1, 0.15) is 24.4 Å². The molecule has 3 amide bonds. The highest BCUT2D eigenvalue weighted by Gasteiger charge is 2.32. The fourth-order valence-electron chi connectivity index (χ4n) is 6.12. The second-order valence-corrected chi connectivity index (χ2v) is 12.9. The Morgan fingerprint density at radius 3 is 2.36 bits per heavy atom. The fraction of sp³-hybridized carbons (Fsp3) is 0.355. The first kappa shape index (κ1) is 30.2. The van der Waals surface area contributed by atoms with Crippen LogP contribution in [0.15, 0.2) is 74.7 Å². The molecule has 0 spiro atoms. The van der Waals surface area contributed by atoms with Crippen LogP contribution in [0.3, 0.4) is 0 Å². The van der Waals surface area contributed by atoms with E-state index in [0.29, 0.717) is 61.1 Å². The highest BCUT2D eigenvalue weighted by atomic mass is 79.9. The van der Waals surface area contributed by atoms with E-state index in [-0.39, 0.29) is 35.8 Å². The molecule has 2 aromatic heterocycles. The molecule has 4 heterocycles. The van der Waals surface area contributed by atoms with E-state index in [1.165, 1.54) is 0 Å². The van der Waals surface area contributed by atoms with Gasteiger partial charge in [-0.3, -0.25) is 14.3 Å². The van der Waals surface area contributed by atoms with Crippen LogP contribution >= 0.6 is 31.9 Å². The zero-order chi connectivity index (χ0) is 30.8. The van der Waals surface area contributed by atoms with Gasteiger partial charge in [0.05, 0.1) is 31.9 Å². The number of hydrogen-bond acceptors (Lipinski definition) is 6. The highest BCUT2D eigenvalue weighted by molar-refractivity contribution is 9.11. The van der Waals surface area contributed by atoms with Gasteiger partial charge in [-0.15, -0.1) is 0 Å². The van der Waals surface area contributed by atoms with Crippen LogP contribution in [-0.2, 0) is 11.2 Å². The third-order valence-electron chi connectivity index (χ3n) is 8.46. The van der Waals surface area contributed by atoms with Crippen molar-refractivity contribution in [1.82, 2.24) is 29.7 Å². The summed E-state index contributed by atoms with van der Waals surface area (Å²) in [6.45, 7) is 3.29. The number of nitrogens with one attached hydrogen (secondary N) is 2. The van der Waals surface area contributed by atoms with E-state index in [0.717, 1.165) is 22.3 Å². The number of hydrogen-bond donors (Lipinski definition) is 3. The van der Waals surface area contributed by atoms with E-state index in [1.807, 2.05) is 42.6 Å². The molecule has 2 aromatic carbocycles. The van der Waals surface area contributed by atoms with Crippen molar-refractivity contribution in [3.63, 3.8) is 0 Å². The SMILES string of the molecule is O=C(N[C@H](Cc1cc(Br)c(O)c(Br)c1)C(=O)N1CCN(c2cccnc2)CC1)N1CCC(n2c(=O)[nH]c3ccccc32)CC1. The number of aromatic amines is 1. The molecule has 13 heteroatoms. The number of benzene rings is 2. The molecule has 0 unspecified atom stereocenters. The molecule has 2 saturated heterocycles. The predicted octanol–water partition coefficient (Wildman–Crippen LogP) is 4.26. The Hall–Kier alpha value is -3.84. The first-order valence-electron chi connectivity index (χ1n) is 14.6. The topological polar surface area (TPSA) is 127 Å². The van der Waals surface area contributed by atoms with Crippen molar-refractivity contribution in [2.45, 2.75) is 31.3 Å². The summed E-state index contributed by atoms with van der Waals surface area (Å²) in [6, 6.07) is 13.9. The van der Waals surface area contributed by atoms with Gasteiger partial charge < -0.3 is 30.1 Å². The zero-order valence-electron chi connectivity index (χ0n) is 24.0. The van der Waals surface area contributed by atoms with Gasteiger partial charge in [0, 0.05) is 57.9 Å². The molecule has 44 heavy (non-hydrogen) atoms. The number of anilines is 1. The molecule has 6 rings (SSSR count). The monoisotopic (exact) mass is 725 g/mol. The summed E-state index contributed by atoms with van der Waals surface area (Å²) in [5, 5.41) is 13.2. The van der Waals surface area contributed by atoms with Crippen molar-refractivity contribution >= 4 is 60.5 Å². The molecule has 2 aliphatic rings. The van der Waals surface area contributed by atoms with Gasteiger partial charge >= 0.3 is 11.7 Å². The number of piperazine rings is 1. The van der Waals surface area contributed by atoms with Crippen LogP contribution in [-0.4, -0.2) is 86.7 Å². The van der Waals surface area contributed by atoms with Crippen molar-refractivity contribution in [3.05, 3.63) is 85.9 Å². The number of likely N-dealkylation sites (tertiary alicyclic amines) is 1. The Balaban J connectivity index is 1.14. The zero-order valence-corrected chi connectivity index (χ0v) is 27.1. The second kappa shape index (κ2) is 13.0. The minimum atomic E-state index is -0.801. The maximum Gasteiger partial charge on any atom is 0.326 e. The van der Waals surface area contributed by atoms with Gasteiger partial charge in [-0.2, -0.15) is 0 Å². The Morgan fingerprint density at radius 1 is 0.977 bits per heavy atom. The van der Waals surface area contributed by atoms with E-state index >= 15 is 0 Å². The minimum absolute atomic E-state index is 0.0251. The number of phenols is 1. The van der Waals surface area contributed by atoms with Crippen LogP contribution in [0, 0.1) is 0 Å². The molecule has 230 valence electrons. The summed E-state index contributed by atoms with van der Waals surface area (Å²) < 4.78 is 2.79. The van der Waals surface area contributed by atoms with Crippen molar-refractivity contribution in [2.24, 2.45) is 0 Å². The first-order valence-corrected chi connectivity index (χ1v) is 16.2. The van der Waals surface area contributed by atoms with Gasteiger partial charge in [0.1, 0.15) is 11.8 Å². The maximum absolute atomic E-state index is 13.9. The number of phenolic OH excluding ortho intramolecular Hbond substituents is 1. The average Bonchev–Trinajstić information content (AvgIpc) is 3.39. The van der Waals surface area contributed by atoms with E-state index in [4.69, 9.17) is 0 Å². The van der Waals surface area contributed by atoms with Crippen LogP contribution in [0.5, 0.6) is 5.75 Å². The lowest BCUT2D eigenvalue weighted by Crippen LogP contribution is -2.57. The molecular weight excluding hydrogens is 694 g/mol. The Morgan fingerprint density at radius 2 is 1.68 bits per heavy atom. The highest BCUT2D eigenvalue weighted by Crippen LogP contribution is 2.34. The Kier molecular flexibility index (Phi) is 8.94. The standard InChI is InChI=1S/C31H33Br2N7O4/c32-23-16-20(17-24(33)28(23)41)18-26(29(42)38-14-12-37(13-15-38)22-4-3-9-34-19-22)36-30(43)39-10-7-21(8-11-39)40-27-6-2-1-5-25(27)35-31(40)44/h1-6,9,16-17,19,21,26,41H,7-8,10-15,18H2,(H,35,44)(H,36,43)/t26-/m1/s1. The van der Waals surface area contributed by atoms with Gasteiger partial charge in [-0.1, -0.05) is 12.1 Å². The number of imidazole rings is 1. The van der Waals surface area contributed by atoms with Gasteiger partial charge in [-0.25, -0.2) is 9.59 Å². The molecule has 2 aliphatic heterocycles. The number of aromatic hydroxyl groups is 1. The number of carbonyl (C=O) groups excluding carboxylic acids is 2. The fourth-order valence-corrected chi connectivity index (χ4v) is 7.40. The number of nitrogens with zero attached hydrogens (tertiary/aromatic N) is 5. The Labute approximate surface area is 271 Å².